The SMILES string of the molecule is O=C(C1CCCO1)C(Cl)c1ccccc1. The van der Waals surface area contributed by atoms with E-state index in [0.29, 0.717) is 6.61 Å². The summed E-state index contributed by atoms with van der Waals surface area (Å²) < 4.78 is 5.32. The van der Waals surface area contributed by atoms with Crippen molar-refractivity contribution in [1.82, 2.24) is 0 Å². The number of carbonyl (C=O) groups excluding carboxylic acids is 1. The van der Waals surface area contributed by atoms with Gasteiger partial charge in [0, 0.05) is 6.61 Å². The molecule has 1 heterocycles. The molecule has 2 nitrogen and oxygen atoms in total. The van der Waals surface area contributed by atoms with E-state index in [-0.39, 0.29) is 11.9 Å². The van der Waals surface area contributed by atoms with E-state index in [1.165, 1.54) is 0 Å². The molecule has 0 saturated carbocycles. The zero-order chi connectivity index (χ0) is 10.7. The quantitative estimate of drug-likeness (QED) is 0.738. The lowest BCUT2D eigenvalue weighted by molar-refractivity contribution is -0.127. The van der Waals surface area contributed by atoms with Gasteiger partial charge >= 0.3 is 0 Å². The van der Waals surface area contributed by atoms with Crippen LogP contribution in [-0.2, 0) is 9.53 Å². The summed E-state index contributed by atoms with van der Waals surface area (Å²) in [4.78, 5) is 11.9. The molecule has 2 unspecified atom stereocenters. The first kappa shape index (κ1) is 10.7. The Labute approximate surface area is 94.2 Å². The summed E-state index contributed by atoms with van der Waals surface area (Å²) in [6.07, 6.45) is 1.46. The van der Waals surface area contributed by atoms with Crippen LogP contribution in [0.3, 0.4) is 0 Å². The molecule has 0 radical (unpaired) electrons. The molecule has 0 aromatic heterocycles. The predicted octanol–water partition coefficient (Wildman–Crippen LogP) is 2.71. The topological polar surface area (TPSA) is 26.3 Å². The molecular formula is C12H13ClO2. The third-order valence-electron chi connectivity index (χ3n) is 2.59. The number of alkyl halides is 1. The molecular weight excluding hydrogens is 212 g/mol. The first-order valence-electron chi connectivity index (χ1n) is 5.13. The van der Waals surface area contributed by atoms with Gasteiger partial charge in [0.15, 0.2) is 5.78 Å². The molecule has 0 bridgehead atoms. The van der Waals surface area contributed by atoms with Gasteiger partial charge in [-0.2, -0.15) is 0 Å². The third-order valence-corrected chi connectivity index (χ3v) is 3.06. The second-order valence-electron chi connectivity index (χ2n) is 3.68. The Morgan fingerprint density at radius 2 is 2.13 bits per heavy atom. The Balaban J connectivity index is 2.07. The first-order chi connectivity index (χ1) is 7.29. The minimum atomic E-state index is -0.575. The molecule has 1 aliphatic heterocycles. The molecule has 0 N–H and O–H groups in total. The Kier molecular flexibility index (Phi) is 3.39. The van der Waals surface area contributed by atoms with Gasteiger partial charge in [-0.1, -0.05) is 30.3 Å². The highest BCUT2D eigenvalue weighted by Crippen LogP contribution is 2.26. The fourth-order valence-corrected chi connectivity index (χ4v) is 2.04. The predicted molar refractivity (Wildman–Crippen MR) is 59.0 cm³/mol. The molecule has 1 aromatic rings. The standard InChI is InChI=1S/C12H13ClO2/c13-11(9-5-2-1-3-6-9)12(14)10-7-4-8-15-10/h1-3,5-6,10-11H,4,7-8H2. The molecule has 1 fully saturated rings. The Morgan fingerprint density at radius 1 is 1.40 bits per heavy atom. The van der Waals surface area contributed by atoms with Gasteiger partial charge < -0.3 is 4.74 Å². The number of ether oxygens (including phenoxy) is 1. The number of ketones is 1. The highest BCUT2D eigenvalue weighted by atomic mass is 35.5. The van der Waals surface area contributed by atoms with Gasteiger partial charge in [0.05, 0.1) is 0 Å². The van der Waals surface area contributed by atoms with Gasteiger partial charge in [-0.15, -0.1) is 11.6 Å². The van der Waals surface area contributed by atoms with Crippen molar-refractivity contribution in [2.45, 2.75) is 24.3 Å². The van der Waals surface area contributed by atoms with Crippen molar-refractivity contribution in [2.75, 3.05) is 6.61 Å². The monoisotopic (exact) mass is 224 g/mol. The van der Waals surface area contributed by atoms with Crippen molar-refractivity contribution in [3.05, 3.63) is 35.9 Å². The van der Waals surface area contributed by atoms with Gasteiger partial charge in [0.2, 0.25) is 0 Å². The molecule has 1 saturated heterocycles. The summed E-state index contributed by atoms with van der Waals surface area (Å²) in [5, 5.41) is -0.575. The van der Waals surface area contributed by atoms with Crippen molar-refractivity contribution in [2.24, 2.45) is 0 Å². The molecule has 1 aromatic carbocycles. The van der Waals surface area contributed by atoms with Crippen LogP contribution in [0, 0.1) is 0 Å². The maximum Gasteiger partial charge on any atom is 0.183 e. The van der Waals surface area contributed by atoms with E-state index in [0.717, 1.165) is 18.4 Å². The number of benzene rings is 1. The second kappa shape index (κ2) is 4.77. The molecule has 0 spiro atoms. The van der Waals surface area contributed by atoms with Crippen molar-refractivity contribution in [3.8, 4) is 0 Å². The van der Waals surface area contributed by atoms with Gasteiger partial charge in [-0.25, -0.2) is 0 Å². The van der Waals surface area contributed by atoms with Crippen LogP contribution in [-0.4, -0.2) is 18.5 Å². The maximum absolute atomic E-state index is 11.9. The minimum Gasteiger partial charge on any atom is -0.370 e. The van der Waals surface area contributed by atoms with E-state index in [1.54, 1.807) is 0 Å². The number of halogens is 1. The summed E-state index contributed by atoms with van der Waals surface area (Å²) in [5.74, 6) is -0.0135. The van der Waals surface area contributed by atoms with Crippen LogP contribution in [0.15, 0.2) is 30.3 Å². The van der Waals surface area contributed by atoms with Crippen LogP contribution < -0.4 is 0 Å². The van der Waals surface area contributed by atoms with Crippen molar-refractivity contribution >= 4 is 17.4 Å². The first-order valence-corrected chi connectivity index (χ1v) is 5.57. The van der Waals surface area contributed by atoms with Crippen LogP contribution in [0.1, 0.15) is 23.8 Å². The number of hydrogen-bond donors (Lipinski definition) is 0. The molecule has 1 aliphatic rings. The van der Waals surface area contributed by atoms with Crippen molar-refractivity contribution in [1.29, 1.82) is 0 Å². The smallest absolute Gasteiger partial charge is 0.183 e. The van der Waals surface area contributed by atoms with Crippen molar-refractivity contribution < 1.29 is 9.53 Å². The lowest BCUT2D eigenvalue weighted by atomic mass is 10.0. The zero-order valence-corrected chi connectivity index (χ0v) is 9.11. The molecule has 2 atom stereocenters. The minimum absolute atomic E-state index is 0.0135. The summed E-state index contributed by atoms with van der Waals surface area (Å²) in [6.45, 7) is 0.675. The second-order valence-corrected chi connectivity index (χ2v) is 4.11. The Bertz CT molecular complexity index is 331. The number of Topliss-reactive ketones (excluding diaryl/α,β-unsaturated/α-hetero) is 1. The van der Waals surface area contributed by atoms with E-state index in [4.69, 9.17) is 16.3 Å². The highest BCUT2D eigenvalue weighted by Gasteiger charge is 2.29. The summed E-state index contributed by atoms with van der Waals surface area (Å²) in [6, 6.07) is 9.40. The fourth-order valence-electron chi connectivity index (χ4n) is 1.75. The average Bonchev–Trinajstić information content (AvgIpc) is 2.82. The average molecular weight is 225 g/mol. The Morgan fingerprint density at radius 3 is 2.73 bits per heavy atom. The number of rotatable bonds is 3. The largest absolute Gasteiger partial charge is 0.370 e. The molecule has 0 aliphatic carbocycles. The highest BCUT2D eigenvalue weighted by molar-refractivity contribution is 6.31. The maximum atomic E-state index is 11.9. The van der Waals surface area contributed by atoms with E-state index < -0.39 is 5.38 Å². The van der Waals surface area contributed by atoms with Crippen LogP contribution in [0.5, 0.6) is 0 Å². The van der Waals surface area contributed by atoms with Crippen LogP contribution in [0.2, 0.25) is 0 Å². The van der Waals surface area contributed by atoms with E-state index in [9.17, 15) is 4.79 Å². The lowest BCUT2D eigenvalue weighted by Gasteiger charge is -2.13. The lowest BCUT2D eigenvalue weighted by Crippen LogP contribution is -2.23. The molecule has 0 amide bonds. The van der Waals surface area contributed by atoms with Gasteiger partial charge in [-0.3, -0.25) is 4.79 Å². The van der Waals surface area contributed by atoms with Gasteiger partial charge in [0.25, 0.3) is 0 Å². The van der Waals surface area contributed by atoms with Crippen LogP contribution in [0.25, 0.3) is 0 Å². The summed E-state index contributed by atoms with van der Waals surface area (Å²) in [7, 11) is 0. The Hall–Kier alpha value is -0.860. The number of carbonyl (C=O) groups is 1. The van der Waals surface area contributed by atoms with E-state index in [2.05, 4.69) is 0 Å². The molecule has 80 valence electrons. The fraction of sp³-hybridized carbons (Fsp3) is 0.417. The number of hydrogen-bond acceptors (Lipinski definition) is 2. The third kappa shape index (κ3) is 2.39. The summed E-state index contributed by atoms with van der Waals surface area (Å²) in [5.41, 5.74) is 0.847. The van der Waals surface area contributed by atoms with E-state index >= 15 is 0 Å². The molecule has 2 rings (SSSR count). The molecule has 15 heavy (non-hydrogen) atoms. The normalized spacial score (nSPS) is 22.6. The van der Waals surface area contributed by atoms with Gasteiger partial charge in [0.1, 0.15) is 11.5 Å². The molecule has 3 heteroatoms. The zero-order valence-electron chi connectivity index (χ0n) is 8.36. The van der Waals surface area contributed by atoms with Crippen LogP contribution in [0.4, 0.5) is 0 Å². The summed E-state index contributed by atoms with van der Waals surface area (Å²) >= 11 is 6.11. The van der Waals surface area contributed by atoms with Gasteiger partial charge in [-0.05, 0) is 18.4 Å². The van der Waals surface area contributed by atoms with E-state index in [1.807, 2.05) is 30.3 Å². The van der Waals surface area contributed by atoms with Crippen LogP contribution >= 0.6 is 11.6 Å². The van der Waals surface area contributed by atoms with Crippen molar-refractivity contribution in [3.63, 3.8) is 0 Å².